The van der Waals surface area contributed by atoms with Gasteiger partial charge in [-0.25, -0.2) is 27.2 Å². The van der Waals surface area contributed by atoms with E-state index in [0.29, 0.717) is 33.7 Å². The maximum absolute atomic E-state index is 13.8. The zero-order valence-electron chi connectivity index (χ0n) is 20.3. The highest BCUT2D eigenvalue weighted by atomic mass is 32.2. The molecule has 36 heavy (non-hydrogen) atoms. The van der Waals surface area contributed by atoms with Crippen LogP contribution in [0.1, 0.15) is 38.2 Å². The Morgan fingerprint density at radius 2 is 1.81 bits per heavy atom. The van der Waals surface area contributed by atoms with Crippen molar-refractivity contribution in [1.29, 1.82) is 0 Å². The van der Waals surface area contributed by atoms with Crippen molar-refractivity contribution in [3.8, 4) is 17.0 Å². The molecule has 0 saturated carbocycles. The van der Waals surface area contributed by atoms with Crippen LogP contribution >= 0.6 is 0 Å². The fraction of sp³-hybridized carbons (Fsp3) is 0.269. The van der Waals surface area contributed by atoms with Crippen molar-refractivity contribution in [2.75, 3.05) is 6.61 Å². The second-order valence-electron chi connectivity index (χ2n) is 9.56. The lowest BCUT2D eigenvalue weighted by Gasteiger charge is -2.21. The molecule has 0 radical (unpaired) electrons. The average molecular weight is 507 g/mol. The number of benzene rings is 2. The number of hydrogen-bond donors (Lipinski definition) is 1. The van der Waals surface area contributed by atoms with Gasteiger partial charge in [0.2, 0.25) is 0 Å². The smallest absolute Gasteiger partial charge is 0.408 e. The van der Waals surface area contributed by atoms with E-state index >= 15 is 0 Å². The molecule has 1 aliphatic heterocycles. The molecule has 1 N–H and O–H groups in total. The minimum Gasteiger partial charge on any atom is -0.490 e. The topological polar surface area (TPSA) is 112 Å². The molecule has 0 saturated heterocycles. The minimum absolute atomic E-state index is 0.155. The SMILES string of the molecule is Cc1ncc(-c2cc3c4c(ccc3n2S(=O)(=O)c2ccccc2)[C@H](NC(=O)OC(C)(C)C)CO4)cn1. The highest BCUT2D eigenvalue weighted by molar-refractivity contribution is 7.90. The number of aromatic nitrogens is 3. The standard InChI is InChI=1S/C26H26N4O5S/c1-16-27-13-17(14-28-16)23-12-20-22(30(23)36(32,33)18-8-6-5-7-9-18)11-10-19-21(15-34-24(19)20)29-25(31)35-26(2,3)4/h5-14,21H,15H2,1-4H3,(H,29,31)/t21-/m1/s1. The third kappa shape index (κ3) is 4.28. The van der Waals surface area contributed by atoms with Crippen LogP contribution in [0.2, 0.25) is 0 Å². The Bertz CT molecular complexity index is 1560. The molecular weight excluding hydrogens is 480 g/mol. The van der Waals surface area contributed by atoms with Crippen molar-refractivity contribution in [2.24, 2.45) is 0 Å². The Kier molecular flexibility index (Phi) is 5.71. The predicted molar refractivity (Wildman–Crippen MR) is 134 cm³/mol. The van der Waals surface area contributed by atoms with Gasteiger partial charge in [-0.15, -0.1) is 0 Å². The van der Waals surface area contributed by atoms with Gasteiger partial charge < -0.3 is 14.8 Å². The van der Waals surface area contributed by atoms with Crippen molar-refractivity contribution in [3.63, 3.8) is 0 Å². The monoisotopic (exact) mass is 506 g/mol. The van der Waals surface area contributed by atoms with Gasteiger partial charge in [-0.3, -0.25) is 0 Å². The number of carbonyl (C=O) groups excluding carboxylic acids is 1. The van der Waals surface area contributed by atoms with Gasteiger partial charge in [0.1, 0.15) is 23.8 Å². The first kappa shape index (κ1) is 23.8. The molecule has 0 aliphatic carbocycles. The van der Waals surface area contributed by atoms with Gasteiger partial charge in [0, 0.05) is 28.9 Å². The molecule has 10 heteroatoms. The summed E-state index contributed by atoms with van der Waals surface area (Å²) in [5.74, 6) is 1.09. The van der Waals surface area contributed by atoms with Gasteiger partial charge in [0.25, 0.3) is 10.0 Å². The highest BCUT2D eigenvalue weighted by Gasteiger charge is 2.32. The van der Waals surface area contributed by atoms with E-state index in [1.165, 1.54) is 3.97 Å². The Hall–Kier alpha value is -3.92. The summed E-state index contributed by atoms with van der Waals surface area (Å²) in [6.07, 6.45) is 2.65. The summed E-state index contributed by atoms with van der Waals surface area (Å²) in [6, 6.07) is 13.1. The van der Waals surface area contributed by atoms with E-state index in [1.54, 1.807) is 88.6 Å². The van der Waals surface area contributed by atoms with Crippen molar-refractivity contribution in [3.05, 3.63) is 72.3 Å². The molecule has 0 fully saturated rings. The number of nitrogens with one attached hydrogen (secondary N) is 1. The molecule has 9 nitrogen and oxygen atoms in total. The normalized spacial score (nSPS) is 15.4. The van der Waals surface area contributed by atoms with E-state index in [4.69, 9.17) is 9.47 Å². The Labute approximate surface area is 209 Å². The number of ether oxygens (including phenoxy) is 2. The Morgan fingerprint density at radius 3 is 2.47 bits per heavy atom. The fourth-order valence-electron chi connectivity index (χ4n) is 4.19. The van der Waals surface area contributed by atoms with Crippen LogP contribution in [0.4, 0.5) is 4.79 Å². The van der Waals surface area contributed by atoms with Gasteiger partial charge in [-0.1, -0.05) is 24.3 Å². The van der Waals surface area contributed by atoms with Crippen LogP contribution in [0.15, 0.2) is 65.8 Å². The molecule has 3 heterocycles. The van der Waals surface area contributed by atoms with E-state index in [1.807, 2.05) is 0 Å². The quantitative estimate of drug-likeness (QED) is 0.430. The van der Waals surface area contributed by atoms with E-state index in [0.717, 1.165) is 5.56 Å². The molecule has 1 aliphatic rings. The van der Waals surface area contributed by atoms with Crippen molar-refractivity contribution in [2.45, 2.75) is 44.2 Å². The summed E-state index contributed by atoms with van der Waals surface area (Å²) in [4.78, 5) is 21.0. The highest BCUT2D eigenvalue weighted by Crippen LogP contribution is 2.43. The third-order valence-corrected chi connectivity index (χ3v) is 7.48. The molecule has 186 valence electrons. The number of rotatable bonds is 4. The first-order chi connectivity index (χ1) is 17.0. The third-order valence-electron chi connectivity index (χ3n) is 5.74. The van der Waals surface area contributed by atoms with Gasteiger partial charge in [0.15, 0.2) is 0 Å². The van der Waals surface area contributed by atoms with Gasteiger partial charge in [-0.2, -0.15) is 0 Å². The lowest BCUT2D eigenvalue weighted by molar-refractivity contribution is 0.0497. The molecule has 0 unspecified atom stereocenters. The maximum Gasteiger partial charge on any atom is 0.408 e. The average Bonchev–Trinajstić information content (AvgIpc) is 3.41. The van der Waals surface area contributed by atoms with Crippen molar-refractivity contribution in [1.82, 2.24) is 19.3 Å². The second-order valence-corrected chi connectivity index (χ2v) is 11.3. The van der Waals surface area contributed by atoms with Crippen LogP contribution in [0.3, 0.4) is 0 Å². The van der Waals surface area contributed by atoms with E-state index in [-0.39, 0.29) is 11.5 Å². The van der Waals surface area contributed by atoms with Gasteiger partial charge in [-0.05, 0) is 52.0 Å². The maximum atomic E-state index is 13.8. The number of aryl methyl sites for hydroxylation is 1. The van der Waals surface area contributed by atoms with E-state index < -0.39 is 27.8 Å². The van der Waals surface area contributed by atoms with Crippen LogP contribution < -0.4 is 10.1 Å². The van der Waals surface area contributed by atoms with Crippen LogP contribution in [-0.4, -0.2) is 40.7 Å². The van der Waals surface area contributed by atoms with Crippen LogP contribution in [0.25, 0.3) is 22.2 Å². The fourth-order valence-corrected chi connectivity index (χ4v) is 5.74. The van der Waals surface area contributed by atoms with E-state index in [2.05, 4.69) is 15.3 Å². The number of nitrogens with zero attached hydrogens (tertiary/aromatic N) is 3. The summed E-state index contributed by atoms with van der Waals surface area (Å²) in [6.45, 7) is 7.34. The number of carbonyl (C=O) groups is 1. The summed E-state index contributed by atoms with van der Waals surface area (Å²) in [5, 5.41) is 3.45. The molecule has 2 aromatic carbocycles. The number of fused-ring (bicyclic) bond motifs is 3. The lowest BCUT2D eigenvalue weighted by Crippen LogP contribution is -2.35. The molecule has 2 aromatic heterocycles. The summed E-state index contributed by atoms with van der Waals surface area (Å²) >= 11 is 0. The summed E-state index contributed by atoms with van der Waals surface area (Å²) in [5.41, 5.74) is 1.52. The minimum atomic E-state index is -3.97. The van der Waals surface area contributed by atoms with Gasteiger partial charge in [0.05, 0.1) is 22.1 Å². The molecule has 0 spiro atoms. The number of alkyl carbamates (subject to hydrolysis) is 1. The molecule has 1 amide bonds. The summed E-state index contributed by atoms with van der Waals surface area (Å²) < 4.78 is 40.3. The van der Waals surface area contributed by atoms with Gasteiger partial charge >= 0.3 is 6.09 Å². The predicted octanol–water partition coefficient (Wildman–Crippen LogP) is 4.60. The van der Waals surface area contributed by atoms with Crippen LogP contribution in [-0.2, 0) is 14.8 Å². The summed E-state index contributed by atoms with van der Waals surface area (Å²) in [7, 11) is -3.97. The van der Waals surface area contributed by atoms with Crippen LogP contribution in [0, 0.1) is 6.92 Å². The van der Waals surface area contributed by atoms with E-state index in [9.17, 15) is 13.2 Å². The molecule has 0 bridgehead atoms. The first-order valence-corrected chi connectivity index (χ1v) is 12.9. The molecule has 4 aromatic rings. The largest absolute Gasteiger partial charge is 0.490 e. The molecule has 1 atom stereocenters. The number of amides is 1. The Balaban J connectivity index is 1.66. The molecule has 5 rings (SSSR count). The van der Waals surface area contributed by atoms with Crippen LogP contribution in [0.5, 0.6) is 5.75 Å². The molecular formula is C26H26N4O5S. The Morgan fingerprint density at radius 1 is 1.11 bits per heavy atom. The zero-order valence-corrected chi connectivity index (χ0v) is 21.2. The van der Waals surface area contributed by atoms with Crippen molar-refractivity contribution < 1.29 is 22.7 Å². The number of hydrogen-bond acceptors (Lipinski definition) is 7. The second kappa shape index (κ2) is 8.63. The van der Waals surface area contributed by atoms with Crippen molar-refractivity contribution >= 4 is 27.0 Å². The lowest BCUT2D eigenvalue weighted by atomic mass is 10.1. The zero-order chi connectivity index (χ0) is 25.7. The first-order valence-electron chi connectivity index (χ1n) is 11.4.